The Morgan fingerprint density at radius 3 is 2.55 bits per heavy atom. The zero-order chi connectivity index (χ0) is 29.0. The maximum atomic E-state index is 14.0. The number of nitrogens with zero attached hydrogens (tertiary/aromatic N) is 3. The van der Waals surface area contributed by atoms with Gasteiger partial charge >= 0.3 is 5.97 Å². The van der Waals surface area contributed by atoms with Crippen molar-refractivity contribution in [3.63, 3.8) is 0 Å². The number of fused-ring (bicyclic) bond motifs is 1. The number of aliphatic carboxylic acids is 1. The van der Waals surface area contributed by atoms with E-state index in [0.29, 0.717) is 68.2 Å². The normalized spacial score (nSPS) is 16.2. The highest BCUT2D eigenvalue weighted by Gasteiger charge is 2.41. The van der Waals surface area contributed by atoms with Gasteiger partial charge in [-0.05, 0) is 88.0 Å². The molecule has 0 unspecified atom stereocenters. The van der Waals surface area contributed by atoms with E-state index in [4.69, 9.17) is 4.74 Å². The van der Waals surface area contributed by atoms with Crippen LogP contribution in [0.4, 0.5) is 18.9 Å². The first-order valence-electron chi connectivity index (χ1n) is 13.5. The number of carboxylic acid groups (broad SMARTS) is 1. The van der Waals surface area contributed by atoms with Crippen molar-refractivity contribution in [2.75, 3.05) is 45.7 Å². The number of aromatic nitrogens is 1. The topological polar surface area (TPSA) is 86.1 Å². The van der Waals surface area contributed by atoms with Gasteiger partial charge in [0.1, 0.15) is 11.6 Å². The van der Waals surface area contributed by atoms with Gasteiger partial charge in [0.15, 0.2) is 11.6 Å². The van der Waals surface area contributed by atoms with Crippen molar-refractivity contribution in [2.45, 2.75) is 44.6 Å². The van der Waals surface area contributed by atoms with E-state index in [-0.39, 0.29) is 18.4 Å². The monoisotopic (exact) mass is 559 g/mol. The predicted molar refractivity (Wildman–Crippen MR) is 147 cm³/mol. The van der Waals surface area contributed by atoms with Crippen LogP contribution in [-0.2, 0) is 11.2 Å². The summed E-state index contributed by atoms with van der Waals surface area (Å²) >= 11 is 0. The molecule has 2 N–H and O–H groups in total. The van der Waals surface area contributed by atoms with Crippen LogP contribution in [0.1, 0.15) is 49.3 Å². The van der Waals surface area contributed by atoms with Crippen molar-refractivity contribution in [1.29, 1.82) is 0 Å². The number of ether oxygens (including phenoxy) is 1. The second kappa shape index (κ2) is 12.4. The number of methoxy groups -OCH3 is 1. The van der Waals surface area contributed by atoms with Crippen LogP contribution in [0.3, 0.4) is 0 Å². The minimum atomic E-state index is -1.20. The lowest BCUT2D eigenvalue weighted by molar-refractivity contribution is -0.153. The molecule has 7 nitrogen and oxygen atoms in total. The molecule has 0 aliphatic carbocycles. The Labute approximate surface area is 232 Å². The molecule has 1 atom stereocenters. The number of carbonyl (C=O) groups is 1. The summed E-state index contributed by atoms with van der Waals surface area (Å²) < 4.78 is 46.3. The Hall–Kier alpha value is -3.37. The van der Waals surface area contributed by atoms with Gasteiger partial charge in [-0.15, -0.1) is 0 Å². The third-order valence-corrected chi connectivity index (χ3v) is 8.06. The minimum Gasteiger partial charge on any atom is -0.497 e. The highest BCUT2D eigenvalue weighted by molar-refractivity contribution is 5.88. The van der Waals surface area contributed by atoms with Gasteiger partial charge in [0.05, 0.1) is 36.0 Å². The van der Waals surface area contributed by atoms with Crippen LogP contribution >= 0.6 is 0 Å². The number of aliphatic hydroxyl groups is 1. The number of hydrogen-bond donors (Lipinski definition) is 2. The van der Waals surface area contributed by atoms with Crippen LogP contribution in [0.5, 0.6) is 5.75 Å². The second-order valence-corrected chi connectivity index (χ2v) is 10.8. The fourth-order valence-electron chi connectivity index (χ4n) is 5.63. The van der Waals surface area contributed by atoms with Crippen molar-refractivity contribution < 1.29 is 32.9 Å². The summed E-state index contributed by atoms with van der Waals surface area (Å²) in [7, 11) is 5.31. The Bertz CT molecular complexity index is 1360. The number of carboxylic acids is 1. The number of halogens is 3. The zero-order valence-electron chi connectivity index (χ0n) is 23.1. The molecule has 10 heteroatoms. The first kappa shape index (κ1) is 29.6. The van der Waals surface area contributed by atoms with Gasteiger partial charge in [-0.1, -0.05) is 0 Å². The molecule has 1 aromatic heterocycles. The van der Waals surface area contributed by atoms with E-state index in [0.717, 1.165) is 17.1 Å². The molecule has 40 heavy (non-hydrogen) atoms. The molecule has 0 amide bonds. The molecule has 1 fully saturated rings. The summed E-state index contributed by atoms with van der Waals surface area (Å²) in [5, 5.41) is 22.4. The summed E-state index contributed by atoms with van der Waals surface area (Å²) in [6.07, 6.45) is 2.84. The molecule has 4 rings (SSSR count). The summed E-state index contributed by atoms with van der Waals surface area (Å²) in [4.78, 5) is 20.9. The molecule has 1 aliphatic heterocycles. The van der Waals surface area contributed by atoms with Crippen molar-refractivity contribution in [1.82, 2.24) is 9.88 Å². The van der Waals surface area contributed by atoms with Crippen LogP contribution in [-0.4, -0.2) is 66.9 Å². The quantitative estimate of drug-likeness (QED) is 0.307. The van der Waals surface area contributed by atoms with E-state index in [1.165, 1.54) is 0 Å². The lowest BCUT2D eigenvalue weighted by atomic mass is 9.74. The van der Waals surface area contributed by atoms with E-state index in [9.17, 15) is 28.2 Å². The second-order valence-electron chi connectivity index (χ2n) is 10.8. The number of benzene rings is 2. The SMILES string of the molecule is COc1ccc2ncc(N(C)C)c([C@@H](O)CCC3(C(=O)O)CCN(CCCc4cc(F)cc(F)c4F)CC3)c2c1. The molecule has 0 spiro atoms. The number of hydrogen-bond acceptors (Lipinski definition) is 6. The molecule has 3 aromatic rings. The fourth-order valence-corrected chi connectivity index (χ4v) is 5.63. The van der Waals surface area contributed by atoms with Gasteiger partial charge in [-0.25, -0.2) is 13.2 Å². The standard InChI is InChI=1S/C30H36F3N3O4/c1-35(2)25-18-34-24-7-6-21(40-3)17-22(24)27(25)26(37)8-9-30(29(38)39)10-13-36(14-11-30)12-4-5-19-15-20(31)16-23(32)28(19)33/h6-7,15-18,26,37H,4-5,8-14H2,1-3H3,(H,38,39)/t26-/m0/s1. The van der Waals surface area contributed by atoms with Crippen molar-refractivity contribution in [3.8, 4) is 5.75 Å². The third-order valence-electron chi connectivity index (χ3n) is 8.06. The summed E-state index contributed by atoms with van der Waals surface area (Å²) in [5.74, 6) is -3.28. The lowest BCUT2D eigenvalue weighted by Gasteiger charge is -2.39. The molecule has 2 aromatic carbocycles. The number of aryl methyl sites for hydroxylation is 1. The van der Waals surface area contributed by atoms with E-state index in [1.54, 1.807) is 19.4 Å². The number of piperidine rings is 1. The summed E-state index contributed by atoms with van der Waals surface area (Å²) in [6.45, 7) is 1.62. The van der Waals surface area contributed by atoms with Gasteiger partial charge in [-0.3, -0.25) is 9.78 Å². The van der Waals surface area contributed by atoms with Crippen molar-refractivity contribution >= 4 is 22.6 Å². The molecular weight excluding hydrogens is 523 g/mol. The van der Waals surface area contributed by atoms with Crippen molar-refractivity contribution in [2.24, 2.45) is 5.41 Å². The molecule has 1 saturated heterocycles. The van der Waals surface area contributed by atoms with Crippen LogP contribution < -0.4 is 9.64 Å². The maximum absolute atomic E-state index is 14.0. The molecule has 2 heterocycles. The number of rotatable bonds is 11. The predicted octanol–water partition coefficient (Wildman–Crippen LogP) is 5.34. The number of anilines is 1. The Morgan fingerprint density at radius 2 is 1.90 bits per heavy atom. The third kappa shape index (κ3) is 6.33. The smallest absolute Gasteiger partial charge is 0.309 e. The van der Waals surface area contributed by atoms with Crippen LogP contribution in [0.15, 0.2) is 36.5 Å². The Balaban J connectivity index is 1.41. The van der Waals surface area contributed by atoms with Gasteiger partial charge in [0, 0.05) is 31.1 Å². The summed E-state index contributed by atoms with van der Waals surface area (Å²) in [5.41, 5.74) is 1.17. The average molecular weight is 560 g/mol. The molecule has 0 bridgehead atoms. The van der Waals surface area contributed by atoms with Crippen LogP contribution in [0.2, 0.25) is 0 Å². The molecule has 0 saturated carbocycles. The minimum absolute atomic E-state index is 0.00160. The van der Waals surface area contributed by atoms with Crippen molar-refractivity contribution in [3.05, 3.63) is 65.1 Å². The average Bonchev–Trinajstić information content (AvgIpc) is 2.93. The van der Waals surface area contributed by atoms with E-state index in [2.05, 4.69) is 9.88 Å². The lowest BCUT2D eigenvalue weighted by Crippen LogP contribution is -2.44. The van der Waals surface area contributed by atoms with Gasteiger partial charge in [-0.2, -0.15) is 0 Å². The maximum Gasteiger partial charge on any atom is 0.309 e. The molecule has 216 valence electrons. The first-order chi connectivity index (χ1) is 19.0. The van der Waals surface area contributed by atoms with E-state index in [1.807, 2.05) is 31.1 Å². The molecule has 1 aliphatic rings. The van der Waals surface area contributed by atoms with E-state index >= 15 is 0 Å². The van der Waals surface area contributed by atoms with Crippen LogP contribution in [0, 0.1) is 22.9 Å². The van der Waals surface area contributed by atoms with Gasteiger partial charge in [0.2, 0.25) is 0 Å². The number of likely N-dealkylation sites (tertiary alicyclic amines) is 1. The fraction of sp³-hybridized carbons (Fsp3) is 0.467. The first-order valence-corrected chi connectivity index (χ1v) is 13.5. The Morgan fingerprint density at radius 1 is 1.18 bits per heavy atom. The molecular formula is C30H36F3N3O4. The Kier molecular flexibility index (Phi) is 9.20. The van der Waals surface area contributed by atoms with Gasteiger partial charge < -0.3 is 24.7 Å². The summed E-state index contributed by atoms with van der Waals surface area (Å²) in [6, 6.07) is 7.02. The highest BCUT2D eigenvalue weighted by atomic mass is 19.2. The van der Waals surface area contributed by atoms with Crippen LogP contribution in [0.25, 0.3) is 10.9 Å². The number of pyridine rings is 1. The zero-order valence-corrected chi connectivity index (χ0v) is 23.1. The number of aliphatic hydroxyl groups excluding tert-OH is 1. The van der Waals surface area contributed by atoms with Gasteiger partial charge in [0.25, 0.3) is 0 Å². The van der Waals surface area contributed by atoms with E-state index < -0.39 is 34.9 Å². The molecule has 0 radical (unpaired) electrons. The largest absolute Gasteiger partial charge is 0.497 e. The highest BCUT2D eigenvalue weighted by Crippen LogP contribution is 2.41.